The molecule has 0 saturated heterocycles. The third-order valence-electron chi connectivity index (χ3n) is 2.50. The zero-order valence-corrected chi connectivity index (χ0v) is 10.2. The van der Waals surface area contributed by atoms with Crippen molar-refractivity contribution >= 4 is 11.9 Å². The molecular formula is C12H18N2O3. The van der Waals surface area contributed by atoms with Crippen LogP contribution in [0.25, 0.3) is 0 Å². The van der Waals surface area contributed by atoms with Crippen LogP contribution in [0.4, 0.5) is 0 Å². The number of aromatic nitrogens is 1. The Labute approximate surface area is 101 Å². The van der Waals surface area contributed by atoms with Crippen LogP contribution in [0.2, 0.25) is 0 Å². The highest BCUT2D eigenvalue weighted by molar-refractivity contribution is 5.89. The van der Waals surface area contributed by atoms with Gasteiger partial charge >= 0.3 is 5.97 Å². The van der Waals surface area contributed by atoms with E-state index in [4.69, 9.17) is 4.74 Å². The van der Waals surface area contributed by atoms with Crippen LogP contribution in [-0.4, -0.2) is 29.5 Å². The fourth-order valence-electron chi connectivity index (χ4n) is 1.43. The Hall–Kier alpha value is -1.78. The van der Waals surface area contributed by atoms with E-state index in [1.807, 2.05) is 13.8 Å². The minimum absolute atomic E-state index is 0.145. The number of carbonyl (C=O) groups is 2. The van der Waals surface area contributed by atoms with Gasteiger partial charge in [0.25, 0.3) is 5.91 Å². The predicted octanol–water partition coefficient (Wildman–Crippen LogP) is 1.48. The van der Waals surface area contributed by atoms with Crippen LogP contribution < -0.4 is 5.32 Å². The van der Waals surface area contributed by atoms with Crippen molar-refractivity contribution in [3.8, 4) is 0 Å². The number of aromatic amines is 1. The molecule has 0 radical (unpaired) electrons. The van der Waals surface area contributed by atoms with Gasteiger partial charge in [-0.05, 0) is 25.0 Å². The van der Waals surface area contributed by atoms with Crippen molar-refractivity contribution < 1.29 is 14.3 Å². The molecule has 0 atom stereocenters. The Morgan fingerprint density at radius 1 is 1.41 bits per heavy atom. The summed E-state index contributed by atoms with van der Waals surface area (Å²) in [6, 6.07) is 3.44. The second-order valence-electron chi connectivity index (χ2n) is 3.74. The van der Waals surface area contributed by atoms with E-state index in [-0.39, 0.29) is 18.6 Å². The molecule has 0 aromatic carbocycles. The lowest BCUT2D eigenvalue weighted by Crippen LogP contribution is -2.36. The number of rotatable bonds is 6. The fraction of sp³-hybridized carbons (Fsp3) is 0.500. The van der Waals surface area contributed by atoms with E-state index in [1.54, 1.807) is 18.3 Å². The molecule has 1 amide bonds. The van der Waals surface area contributed by atoms with E-state index in [1.165, 1.54) is 0 Å². The average molecular weight is 238 g/mol. The van der Waals surface area contributed by atoms with Crippen molar-refractivity contribution in [2.24, 2.45) is 0 Å². The molecule has 0 saturated carbocycles. The summed E-state index contributed by atoms with van der Waals surface area (Å²) in [5, 5.41) is 2.79. The fourth-order valence-corrected chi connectivity index (χ4v) is 1.43. The Morgan fingerprint density at radius 3 is 2.65 bits per heavy atom. The number of ether oxygens (including phenoxy) is 1. The molecule has 0 unspecified atom stereocenters. The standard InChI is InChI=1S/C12H18N2O3/c1-3-9(4-2)14-11(15)8-17-12(16)10-6-5-7-13-10/h5-7,9,13H,3-4,8H2,1-2H3,(H,14,15). The number of nitrogens with one attached hydrogen (secondary N) is 2. The topological polar surface area (TPSA) is 71.2 Å². The first-order valence-electron chi connectivity index (χ1n) is 5.77. The van der Waals surface area contributed by atoms with E-state index in [0.29, 0.717) is 5.69 Å². The molecule has 0 aliphatic rings. The minimum Gasteiger partial charge on any atom is -0.451 e. The van der Waals surface area contributed by atoms with Crippen LogP contribution in [0.15, 0.2) is 18.3 Å². The van der Waals surface area contributed by atoms with E-state index < -0.39 is 5.97 Å². The van der Waals surface area contributed by atoms with Crippen LogP contribution in [0.3, 0.4) is 0 Å². The quantitative estimate of drug-likeness (QED) is 0.737. The second-order valence-corrected chi connectivity index (χ2v) is 3.74. The first-order valence-corrected chi connectivity index (χ1v) is 5.77. The molecule has 1 rings (SSSR count). The monoisotopic (exact) mass is 238 g/mol. The second kappa shape index (κ2) is 6.73. The summed E-state index contributed by atoms with van der Waals surface area (Å²) in [4.78, 5) is 25.6. The van der Waals surface area contributed by atoms with Gasteiger partial charge in [-0.25, -0.2) is 4.79 Å². The third kappa shape index (κ3) is 4.30. The highest BCUT2D eigenvalue weighted by Crippen LogP contribution is 1.98. The molecule has 0 bridgehead atoms. The number of esters is 1. The first-order chi connectivity index (χ1) is 8.17. The summed E-state index contributed by atoms with van der Waals surface area (Å²) in [5.41, 5.74) is 0.348. The lowest BCUT2D eigenvalue weighted by molar-refractivity contribution is -0.125. The molecule has 1 aromatic rings. The number of carbonyl (C=O) groups excluding carboxylic acids is 2. The summed E-state index contributed by atoms with van der Waals surface area (Å²) in [6.07, 6.45) is 3.36. The van der Waals surface area contributed by atoms with Gasteiger partial charge in [-0.1, -0.05) is 13.8 Å². The van der Waals surface area contributed by atoms with Gasteiger partial charge in [-0.15, -0.1) is 0 Å². The Balaban J connectivity index is 2.31. The van der Waals surface area contributed by atoms with Gasteiger partial charge in [-0.3, -0.25) is 4.79 Å². The summed E-state index contributed by atoms with van der Waals surface area (Å²) in [6.45, 7) is 3.76. The molecule has 0 fully saturated rings. The highest BCUT2D eigenvalue weighted by Gasteiger charge is 2.12. The largest absolute Gasteiger partial charge is 0.451 e. The van der Waals surface area contributed by atoms with E-state index in [2.05, 4.69) is 10.3 Å². The van der Waals surface area contributed by atoms with Crippen molar-refractivity contribution in [3.05, 3.63) is 24.0 Å². The van der Waals surface area contributed by atoms with Crippen molar-refractivity contribution in [1.29, 1.82) is 0 Å². The lowest BCUT2D eigenvalue weighted by Gasteiger charge is -2.14. The zero-order chi connectivity index (χ0) is 12.7. The summed E-state index contributed by atoms with van der Waals surface area (Å²) >= 11 is 0. The summed E-state index contributed by atoms with van der Waals surface area (Å²) < 4.78 is 4.86. The third-order valence-corrected chi connectivity index (χ3v) is 2.50. The summed E-state index contributed by atoms with van der Waals surface area (Å²) in [5.74, 6) is -0.784. The van der Waals surface area contributed by atoms with Crippen molar-refractivity contribution in [1.82, 2.24) is 10.3 Å². The lowest BCUT2D eigenvalue weighted by atomic mass is 10.2. The molecule has 2 N–H and O–H groups in total. The number of hydrogen-bond donors (Lipinski definition) is 2. The average Bonchev–Trinajstić information content (AvgIpc) is 2.86. The SMILES string of the molecule is CCC(CC)NC(=O)COC(=O)c1ccc[nH]1. The number of amides is 1. The van der Waals surface area contributed by atoms with Gasteiger partial charge in [0.05, 0.1) is 0 Å². The van der Waals surface area contributed by atoms with Crippen LogP contribution in [0.1, 0.15) is 37.2 Å². The normalized spacial score (nSPS) is 10.3. The molecule has 94 valence electrons. The van der Waals surface area contributed by atoms with Gasteiger partial charge < -0.3 is 15.0 Å². The van der Waals surface area contributed by atoms with Crippen LogP contribution >= 0.6 is 0 Å². The van der Waals surface area contributed by atoms with Gasteiger partial charge in [0, 0.05) is 12.2 Å². The molecule has 17 heavy (non-hydrogen) atoms. The van der Waals surface area contributed by atoms with Crippen molar-refractivity contribution in [2.45, 2.75) is 32.7 Å². The maximum Gasteiger partial charge on any atom is 0.355 e. The van der Waals surface area contributed by atoms with Gasteiger partial charge in [-0.2, -0.15) is 0 Å². The van der Waals surface area contributed by atoms with Crippen LogP contribution in [0, 0.1) is 0 Å². The maximum atomic E-state index is 11.4. The Kier molecular flexibility index (Phi) is 5.26. The predicted molar refractivity (Wildman–Crippen MR) is 63.6 cm³/mol. The van der Waals surface area contributed by atoms with E-state index >= 15 is 0 Å². The van der Waals surface area contributed by atoms with Gasteiger partial charge in [0.1, 0.15) is 5.69 Å². The Morgan fingerprint density at radius 2 is 2.12 bits per heavy atom. The Bertz CT molecular complexity index is 356. The highest BCUT2D eigenvalue weighted by atomic mass is 16.5. The number of hydrogen-bond acceptors (Lipinski definition) is 3. The van der Waals surface area contributed by atoms with Crippen molar-refractivity contribution in [3.63, 3.8) is 0 Å². The van der Waals surface area contributed by atoms with Crippen LogP contribution in [0.5, 0.6) is 0 Å². The molecule has 1 aromatic heterocycles. The smallest absolute Gasteiger partial charge is 0.355 e. The molecule has 5 nitrogen and oxygen atoms in total. The molecule has 0 aliphatic heterocycles. The van der Waals surface area contributed by atoms with Crippen molar-refractivity contribution in [2.75, 3.05) is 6.61 Å². The van der Waals surface area contributed by atoms with E-state index in [0.717, 1.165) is 12.8 Å². The molecule has 0 spiro atoms. The summed E-state index contributed by atoms with van der Waals surface area (Å²) in [7, 11) is 0. The molecule has 5 heteroatoms. The molecule has 0 aliphatic carbocycles. The molecule has 1 heterocycles. The first kappa shape index (κ1) is 13.3. The van der Waals surface area contributed by atoms with Crippen LogP contribution in [-0.2, 0) is 9.53 Å². The molecular weight excluding hydrogens is 220 g/mol. The van der Waals surface area contributed by atoms with E-state index in [9.17, 15) is 9.59 Å². The van der Waals surface area contributed by atoms with Gasteiger partial charge in [0.2, 0.25) is 0 Å². The minimum atomic E-state index is -0.519. The zero-order valence-electron chi connectivity index (χ0n) is 10.2. The number of H-pyrrole nitrogens is 1. The van der Waals surface area contributed by atoms with Gasteiger partial charge in [0.15, 0.2) is 6.61 Å². The maximum absolute atomic E-state index is 11.4.